The molecule has 13 nitrogen and oxygen atoms in total. The van der Waals surface area contributed by atoms with Crippen LogP contribution < -0.4 is 10.6 Å². The minimum Gasteiger partial charge on any atom is -0.478 e. The number of fused-ring (bicyclic) bond motifs is 1. The molecule has 0 radical (unpaired) electrons. The molecule has 1 fully saturated rings. The summed E-state index contributed by atoms with van der Waals surface area (Å²) >= 11 is 0. The van der Waals surface area contributed by atoms with Crippen molar-refractivity contribution in [3.05, 3.63) is 95.2 Å². The second-order valence-electron chi connectivity index (χ2n) is 10.2. The number of piperazine rings is 1. The highest BCUT2D eigenvalue weighted by Crippen LogP contribution is 2.27. The van der Waals surface area contributed by atoms with Gasteiger partial charge in [0.15, 0.2) is 0 Å². The number of Topliss-reactive ketones (excluding diaryl/α,β-unsaturated/α-hetero) is 1. The van der Waals surface area contributed by atoms with Crippen molar-refractivity contribution in [1.29, 1.82) is 0 Å². The van der Waals surface area contributed by atoms with E-state index in [-0.39, 0.29) is 53.6 Å². The first kappa shape index (κ1) is 29.5. The minimum absolute atomic E-state index is 0.0559. The lowest BCUT2D eigenvalue weighted by Gasteiger charge is -2.39. The number of H-pyrrole nitrogens is 1. The van der Waals surface area contributed by atoms with E-state index in [1.54, 1.807) is 54.3 Å². The third-order valence-corrected chi connectivity index (χ3v) is 7.28. The van der Waals surface area contributed by atoms with Gasteiger partial charge in [0.05, 0.1) is 27.9 Å². The summed E-state index contributed by atoms with van der Waals surface area (Å²) in [5.74, 6) is -4.34. The summed E-state index contributed by atoms with van der Waals surface area (Å²) < 4.78 is 0. The predicted octanol–water partition coefficient (Wildman–Crippen LogP) is 3.76. The summed E-state index contributed by atoms with van der Waals surface area (Å²) in [5, 5.41) is 23.9. The monoisotopic (exact) mass is 597 g/mol. The lowest BCUT2D eigenvalue weighted by Crippen LogP contribution is -2.56. The van der Waals surface area contributed by atoms with Gasteiger partial charge in [-0.05, 0) is 43.3 Å². The molecule has 0 spiro atoms. The van der Waals surface area contributed by atoms with Gasteiger partial charge >= 0.3 is 18.0 Å². The van der Waals surface area contributed by atoms with Crippen LogP contribution in [0, 0.1) is 0 Å². The molecule has 13 heteroatoms. The van der Waals surface area contributed by atoms with Crippen LogP contribution >= 0.6 is 0 Å². The Morgan fingerprint density at radius 3 is 2.14 bits per heavy atom. The number of nitrogens with one attached hydrogen (secondary N) is 3. The molecule has 1 saturated heterocycles. The highest BCUT2D eigenvalue weighted by atomic mass is 16.4. The average Bonchev–Trinajstić information content (AvgIpc) is 3.45. The summed E-state index contributed by atoms with van der Waals surface area (Å²) in [4.78, 5) is 81.1. The number of aromatic carboxylic acids is 2. The van der Waals surface area contributed by atoms with E-state index in [4.69, 9.17) is 0 Å². The van der Waals surface area contributed by atoms with E-state index in [0.717, 1.165) is 18.2 Å². The van der Waals surface area contributed by atoms with Gasteiger partial charge in [-0.25, -0.2) is 14.4 Å². The fraction of sp³-hybridized carbons (Fsp3) is 0.161. The Morgan fingerprint density at radius 2 is 1.50 bits per heavy atom. The molecule has 5 N–H and O–H groups in total. The lowest BCUT2D eigenvalue weighted by atomic mass is 10.1. The van der Waals surface area contributed by atoms with Gasteiger partial charge in [0.1, 0.15) is 0 Å². The highest BCUT2D eigenvalue weighted by Gasteiger charge is 2.34. The van der Waals surface area contributed by atoms with Crippen LogP contribution in [0.3, 0.4) is 0 Å². The van der Waals surface area contributed by atoms with E-state index in [0.29, 0.717) is 16.5 Å². The molecule has 1 atom stereocenters. The molecule has 0 bridgehead atoms. The smallest absolute Gasteiger partial charge is 0.335 e. The Labute approximate surface area is 250 Å². The van der Waals surface area contributed by atoms with Crippen molar-refractivity contribution in [2.75, 3.05) is 30.3 Å². The molecule has 4 aromatic rings. The largest absolute Gasteiger partial charge is 0.478 e. The van der Waals surface area contributed by atoms with E-state index in [2.05, 4.69) is 15.6 Å². The number of carboxylic acids is 2. The molecular weight excluding hydrogens is 570 g/mol. The van der Waals surface area contributed by atoms with Gasteiger partial charge in [-0.3, -0.25) is 14.4 Å². The van der Waals surface area contributed by atoms with Crippen LogP contribution in [-0.2, 0) is 4.79 Å². The summed E-state index contributed by atoms with van der Waals surface area (Å²) in [6, 6.07) is 15.6. The average molecular weight is 598 g/mol. The molecule has 1 aromatic heterocycles. The molecule has 44 heavy (non-hydrogen) atoms. The Bertz CT molecular complexity index is 1780. The summed E-state index contributed by atoms with van der Waals surface area (Å²) in [5.41, 5.74) is 0.558. The van der Waals surface area contributed by atoms with E-state index in [9.17, 15) is 39.0 Å². The van der Waals surface area contributed by atoms with Gasteiger partial charge in [0, 0.05) is 48.5 Å². The van der Waals surface area contributed by atoms with Gasteiger partial charge in [-0.15, -0.1) is 0 Å². The molecule has 1 aliphatic heterocycles. The first-order chi connectivity index (χ1) is 21.0. The van der Waals surface area contributed by atoms with Crippen LogP contribution in [0.15, 0.2) is 72.9 Å². The van der Waals surface area contributed by atoms with Crippen LogP contribution in [0.1, 0.15) is 48.4 Å². The van der Waals surface area contributed by atoms with Crippen LogP contribution in [0.5, 0.6) is 0 Å². The van der Waals surface area contributed by atoms with Gasteiger partial charge in [-0.1, -0.05) is 30.3 Å². The number of amides is 4. The number of aromatic nitrogens is 1. The molecular formula is C31H27N5O8. The van der Waals surface area contributed by atoms with Crippen LogP contribution in [0.4, 0.5) is 16.2 Å². The Morgan fingerprint density at radius 1 is 0.818 bits per heavy atom. The molecule has 0 aliphatic carbocycles. The predicted molar refractivity (Wildman–Crippen MR) is 159 cm³/mol. The van der Waals surface area contributed by atoms with Crippen LogP contribution in [0.25, 0.3) is 10.9 Å². The zero-order valence-corrected chi connectivity index (χ0v) is 23.4. The summed E-state index contributed by atoms with van der Waals surface area (Å²) in [6.45, 7) is 2.51. The zero-order valence-electron chi connectivity index (χ0n) is 23.4. The first-order valence-corrected chi connectivity index (χ1v) is 13.5. The van der Waals surface area contributed by atoms with E-state index >= 15 is 0 Å². The summed E-state index contributed by atoms with van der Waals surface area (Å²) in [6.07, 6.45) is 1.38. The number of urea groups is 1. The maximum atomic E-state index is 13.4. The first-order valence-electron chi connectivity index (χ1n) is 13.5. The number of para-hydroxylation sites is 1. The van der Waals surface area contributed by atoms with Gasteiger partial charge in [-0.2, -0.15) is 0 Å². The quantitative estimate of drug-likeness (QED) is 0.157. The molecule has 5 rings (SSSR count). The second-order valence-corrected chi connectivity index (χ2v) is 10.2. The fourth-order valence-electron chi connectivity index (χ4n) is 5.13. The fourth-order valence-corrected chi connectivity index (χ4v) is 5.13. The Hall–Kier alpha value is -5.98. The third-order valence-electron chi connectivity index (χ3n) is 7.28. The maximum absolute atomic E-state index is 13.4. The normalized spacial score (nSPS) is 14.6. The van der Waals surface area contributed by atoms with Crippen LogP contribution in [-0.4, -0.2) is 86.2 Å². The molecule has 2 heterocycles. The number of rotatable bonds is 7. The number of carboxylic acid groups (broad SMARTS) is 2. The number of carbonyl (C=O) groups excluding carboxylic acids is 4. The molecule has 0 unspecified atom stereocenters. The molecule has 4 amide bonds. The maximum Gasteiger partial charge on any atom is 0.335 e. The molecule has 1 aliphatic rings. The zero-order chi connectivity index (χ0) is 31.5. The highest BCUT2D eigenvalue weighted by molar-refractivity contribution is 6.45. The summed E-state index contributed by atoms with van der Waals surface area (Å²) in [7, 11) is 0. The van der Waals surface area contributed by atoms with Crippen molar-refractivity contribution in [2.45, 2.75) is 13.0 Å². The van der Waals surface area contributed by atoms with Crippen molar-refractivity contribution in [2.24, 2.45) is 0 Å². The Kier molecular flexibility index (Phi) is 8.11. The number of nitrogens with zero attached hydrogens (tertiary/aromatic N) is 2. The van der Waals surface area contributed by atoms with Crippen molar-refractivity contribution in [3.8, 4) is 0 Å². The number of hydrogen-bond donors (Lipinski definition) is 5. The Balaban J connectivity index is 1.29. The topological polar surface area (TPSA) is 189 Å². The van der Waals surface area contributed by atoms with Gasteiger partial charge in [0.25, 0.3) is 17.6 Å². The third kappa shape index (κ3) is 5.97. The van der Waals surface area contributed by atoms with Crippen LogP contribution in [0.2, 0.25) is 0 Å². The van der Waals surface area contributed by atoms with Gasteiger partial charge in [0.2, 0.25) is 0 Å². The standard InChI is InChI=1S/C31H27N5O8/c1-17-16-35(27(38)18-6-3-2-4-7-18)10-11-36(17)28(39)26(37)23-15-32-25-22(23)8-5-9-24(25)34-31(44)33-21-13-19(29(40)41)12-20(14-21)30(42)43/h2-9,12-15,17,32H,10-11,16H2,1H3,(H,40,41)(H,42,43)(H2,33,34,44)/t17-/m1/s1. The van der Waals surface area contributed by atoms with E-state index in [1.165, 1.54) is 11.1 Å². The second kappa shape index (κ2) is 12.1. The van der Waals surface area contributed by atoms with Crippen molar-refractivity contribution in [1.82, 2.24) is 14.8 Å². The number of ketones is 1. The number of carbonyl (C=O) groups is 6. The minimum atomic E-state index is -1.36. The number of benzene rings is 3. The van der Waals surface area contributed by atoms with Gasteiger partial charge < -0.3 is 35.6 Å². The SMILES string of the molecule is C[C@@H]1CN(C(=O)c2ccccc2)CCN1C(=O)C(=O)c1c[nH]c2c(NC(=O)Nc3cc(C(=O)O)cc(C(=O)O)c3)cccc12. The van der Waals surface area contributed by atoms with Crippen molar-refractivity contribution in [3.63, 3.8) is 0 Å². The van der Waals surface area contributed by atoms with E-state index in [1.807, 2.05) is 6.07 Å². The number of hydrogen-bond acceptors (Lipinski definition) is 6. The number of aromatic amines is 1. The van der Waals surface area contributed by atoms with Crippen molar-refractivity contribution >= 4 is 57.8 Å². The number of anilines is 2. The molecule has 3 aromatic carbocycles. The molecule has 0 saturated carbocycles. The lowest BCUT2D eigenvalue weighted by molar-refractivity contribution is -0.130. The van der Waals surface area contributed by atoms with Crippen molar-refractivity contribution < 1.29 is 39.0 Å². The molecule has 224 valence electrons. The van der Waals surface area contributed by atoms with E-state index < -0.39 is 35.7 Å².